The Kier molecular flexibility index (Phi) is 0.926. The van der Waals surface area contributed by atoms with E-state index in [1.54, 1.807) is 4.90 Å². The molecule has 0 bridgehead atoms. The Balaban J connectivity index is 2.00. The first-order valence-corrected chi connectivity index (χ1v) is 2.38. The summed E-state index contributed by atoms with van der Waals surface area (Å²) >= 11 is 0. The molecule has 0 aliphatic carbocycles. The van der Waals surface area contributed by atoms with Crippen LogP contribution in [0.25, 0.3) is 0 Å². The molecule has 1 aliphatic rings. The van der Waals surface area contributed by atoms with Crippen molar-refractivity contribution in [3.8, 4) is 0 Å². The number of nitrogens with one attached hydrogen (secondary N) is 1. The van der Waals surface area contributed by atoms with Crippen LogP contribution >= 0.6 is 0 Å². The highest BCUT2D eigenvalue weighted by molar-refractivity contribution is 4.64. The van der Waals surface area contributed by atoms with Crippen LogP contribution < -0.4 is 4.90 Å². The molecular formula is C5H10N+. The molecule has 0 unspecified atom stereocenters. The zero-order valence-corrected chi connectivity index (χ0v) is 3.91. The summed E-state index contributed by atoms with van der Waals surface area (Å²) in [6, 6.07) is 0. The second-order valence-electron chi connectivity index (χ2n) is 1.74. The standard InChI is InChI=1S/C5H9N/c1-2-3-6-4-5-6/h2H,1,3-5H2/p+1. The maximum Gasteiger partial charge on any atom is 0.127 e. The van der Waals surface area contributed by atoms with Crippen molar-refractivity contribution < 1.29 is 4.90 Å². The largest absolute Gasteiger partial charge is 0.322 e. The summed E-state index contributed by atoms with van der Waals surface area (Å²) < 4.78 is 0. The fraction of sp³-hybridized carbons (Fsp3) is 0.600. The van der Waals surface area contributed by atoms with E-state index in [0.29, 0.717) is 0 Å². The van der Waals surface area contributed by atoms with Crippen LogP contribution in [0, 0.1) is 0 Å². The maximum atomic E-state index is 3.62. The molecule has 1 saturated heterocycles. The van der Waals surface area contributed by atoms with Crippen LogP contribution in [0.2, 0.25) is 0 Å². The van der Waals surface area contributed by atoms with Gasteiger partial charge in [0.15, 0.2) is 0 Å². The molecule has 0 saturated carbocycles. The molecule has 1 nitrogen and oxygen atoms in total. The van der Waals surface area contributed by atoms with Crippen molar-refractivity contribution in [2.24, 2.45) is 0 Å². The van der Waals surface area contributed by atoms with Crippen LogP contribution in [0.4, 0.5) is 0 Å². The van der Waals surface area contributed by atoms with Gasteiger partial charge >= 0.3 is 0 Å². The van der Waals surface area contributed by atoms with E-state index in [-0.39, 0.29) is 0 Å². The topological polar surface area (TPSA) is 4.44 Å². The van der Waals surface area contributed by atoms with Gasteiger partial charge in [-0.05, 0) is 6.08 Å². The summed E-state index contributed by atoms with van der Waals surface area (Å²) in [4.78, 5) is 1.67. The van der Waals surface area contributed by atoms with Crippen molar-refractivity contribution in [1.82, 2.24) is 0 Å². The molecule has 0 spiro atoms. The number of quaternary nitrogens is 1. The summed E-state index contributed by atoms with van der Waals surface area (Å²) in [6.07, 6.45) is 1.97. The molecule has 0 aromatic carbocycles. The van der Waals surface area contributed by atoms with E-state index in [2.05, 4.69) is 6.58 Å². The third-order valence-corrected chi connectivity index (χ3v) is 1.04. The van der Waals surface area contributed by atoms with Crippen molar-refractivity contribution >= 4 is 0 Å². The highest BCUT2D eigenvalue weighted by Crippen LogP contribution is 1.61. The Morgan fingerprint density at radius 1 is 1.67 bits per heavy atom. The van der Waals surface area contributed by atoms with Gasteiger partial charge < -0.3 is 4.90 Å². The molecule has 0 radical (unpaired) electrons. The van der Waals surface area contributed by atoms with E-state index in [4.69, 9.17) is 0 Å². The van der Waals surface area contributed by atoms with Crippen LogP contribution in [-0.4, -0.2) is 19.6 Å². The minimum absolute atomic E-state index is 1.17. The maximum absolute atomic E-state index is 3.62. The lowest BCUT2D eigenvalue weighted by Crippen LogP contribution is -2.91. The van der Waals surface area contributed by atoms with Gasteiger partial charge in [-0.1, -0.05) is 6.58 Å². The molecule has 1 heterocycles. The molecule has 0 aromatic heterocycles. The third-order valence-electron chi connectivity index (χ3n) is 1.04. The first-order chi connectivity index (χ1) is 2.93. The molecule has 0 aromatic rings. The summed E-state index contributed by atoms with van der Waals surface area (Å²) in [7, 11) is 0. The molecule has 0 atom stereocenters. The van der Waals surface area contributed by atoms with Gasteiger partial charge in [-0.25, -0.2) is 0 Å². The van der Waals surface area contributed by atoms with Crippen molar-refractivity contribution in [2.45, 2.75) is 0 Å². The lowest BCUT2D eigenvalue weighted by Gasteiger charge is -1.81. The van der Waals surface area contributed by atoms with Crippen molar-refractivity contribution in [2.75, 3.05) is 19.6 Å². The van der Waals surface area contributed by atoms with Crippen molar-refractivity contribution in [3.63, 3.8) is 0 Å². The number of hydrogen-bond donors (Lipinski definition) is 1. The van der Waals surface area contributed by atoms with Crippen molar-refractivity contribution in [3.05, 3.63) is 12.7 Å². The van der Waals surface area contributed by atoms with Crippen LogP contribution in [-0.2, 0) is 0 Å². The summed E-state index contributed by atoms with van der Waals surface area (Å²) in [5.74, 6) is 0. The van der Waals surface area contributed by atoms with E-state index < -0.39 is 0 Å². The molecule has 34 valence electrons. The monoisotopic (exact) mass is 84.1 g/mol. The Hall–Kier alpha value is -0.300. The molecule has 0 amide bonds. The Bertz CT molecular complexity index is 55.0. The predicted molar refractivity (Wildman–Crippen MR) is 25.8 cm³/mol. The molecule has 1 N–H and O–H groups in total. The highest BCUT2D eigenvalue weighted by Gasteiger charge is 2.19. The van der Waals surface area contributed by atoms with Gasteiger partial charge in [-0.3, -0.25) is 0 Å². The van der Waals surface area contributed by atoms with E-state index in [0.717, 1.165) is 0 Å². The second-order valence-corrected chi connectivity index (χ2v) is 1.74. The average Bonchev–Trinajstić information content (AvgIpc) is 2.21. The quantitative estimate of drug-likeness (QED) is 0.326. The molecule has 1 rings (SSSR count). The van der Waals surface area contributed by atoms with E-state index >= 15 is 0 Å². The molecule has 1 heteroatoms. The Labute approximate surface area is 38.3 Å². The Morgan fingerprint density at radius 3 is 2.50 bits per heavy atom. The first-order valence-electron chi connectivity index (χ1n) is 2.38. The van der Waals surface area contributed by atoms with E-state index in [1.165, 1.54) is 19.6 Å². The fourth-order valence-corrected chi connectivity index (χ4v) is 0.497. The third kappa shape index (κ3) is 0.830. The van der Waals surface area contributed by atoms with Gasteiger partial charge in [0.25, 0.3) is 0 Å². The molecule has 1 fully saturated rings. The van der Waals surface area contributed by atoms with Gasteiger partial charge in [0.1, 0.15) is 13.1 Å². The smallest absolute Gasteiger partial charge is 0.127 e. The number of hydrogen-bond acceptors (Lipinski definition) is 0. The van der Waals surface area contributed by atoms with Crippen molar-refractivity contribution in [1.29, 1.82) is 0 Å². The first kappa shape index (κ1) is 3.88. The Morgan fingerprint density at radius 2 is 2.33 bits per heavy atom. The normalized spacial score (nSPS) is 20.7. The van der Waals surface area contributed by atoms with Crippen LogP contribution in [0.15, 0.2) is 12.7 Å². The zero-order valence-electron chi connectivity index (χ0n) is 3.91. The van der Waals surface area contributed by atoms with E-state index in [1.807, 2.05) is 6.08 Å². The minimum atomic E-state index is 1.17. The molecule has 1 aliphatic heterocycles. The van der Waals surface area contributed by atoms with Gasteiger partial charge in [-0.2, -0.15) is 0 Å². The average molecular weight is 84.1 g/mol. The van der Waals surface area contributed by atoms with Gasteiger partial charge in [0.2, 0.25) is 0 Å². The predicted octanol–water partition coefficient (Wildman–Crippen LogP) is -0.929. The minimum Gasteiger partial charge on any atom is -0.322 e. The SMILES string of the molecule is C=CC[NH+]1CC1. The molecular weight excluding hydrogens is 74.1 g/mol. The summed E-state index contributed by atoms with van der Waals surface area (Å²) in [5, 5.41) is 0. The summed E-state index contributed by atoms with van der Waals surface area (Å²) in [5.41, 5.74) is 0. The van der Waals surface area contributed by atoms with Crippen LogP contribution in [0.5, 0.6) is 0 Å². The van der Waals surface area contributed by atoms with Crippen LogP contribution in [0.3, 0.4) is 0 Å². The second kappa shape index (κ2) is 1.43. The van der Waals surface area contributed by atoms with Gasteiger partial charge in [0, 0.05) is 0 Å². The fourth-order valence-electron chi connectivity index (χ4n) is 0.497. The lowest BCUT2D eigenvalue weighted by molar-refractivity contribution is -0.750. The molecule has 6 heavy (non-hydrogen) atoms. The zero-order chi connectivity index (χ0) is 4.41. The van der Waals surface area contributed by atoms with Gasteiger partial charge in [0.05, 0.1) is 6.54 Å². The highest BCUT2D eigenvalue weighted by atomic mass is 15.2. The van der Waals surface area contributed by atoms with Crippen LogP contribution in [0.1, 0.15) is 0 Å². The lowest BCUT2D eigenvalue weighted by atomic mass is 10.6. The number of rotatable bonds is 2. The van der Waals surface area contributed by atoms with Gasteiger partial charge in [-0.15, -0.1) is 0 Å². The van der Waals surface area contributed by atoms with E-state index in [9.17, 15) is 0 Å². The summed E-state index contributed by atoms with van der Waals surface area (Å²) in [6.45, 7) is 7.52.